The Hall–Kier alpha value is -0.0800. The van der Waals surface area contributed by atoms with Gasteiger partial charge in [0.05, 0.1) is 0 Å². The summed E-state index contributed by atoms with van der Waals surface area (Å²) in [5, 5.41) is 7.27. The van der Waals surface area contributed by atoms with E-state index >= 15 is 0 Å². The maximum Gasteiger partial charge on any atom is 0.00797 e. The van der Waals surface area contributed by atoms with E-state index in [1.165, 1.54) is 58.2 Å². The van der Waals surface area contributed by atoms with Crippen LogP contribution in [0, 0.1) is 11.8 Å². The van der Waals surface area contributed by atoms with E-state index in [1.54, 1.807) is 0 Å². The molecule has 0 radical (unpaired) electrons. The zero-order valence-corrected chi connectivity index (χ0v) is 10.1. The van der Waals surface area contributed by atoms with Gasteiger partial charge in [0, 0.05) is 6.04 Å². The summed E-state index contributed by atoms with van der Waals surface area (Å²) in [6.07, 6.45) is 8.41. The Balaban J connectivity index is 1.67. The zero-order chi connectivity index (χ0) is 10.5. The van der Waals surface area contributed by atoms with Crippen molar-refractivity contribution in [3.05, 3.63) is 0 Å². The molecule has 1 saturated heterocycles. The van der Waals surface area contributed by atoms with Crippen LogP contribution in [0.5, 0.6) is 0 Å². The Morgan fingerprint density at radius 2 is 2.00 bits per heavy atom. The molecule has 1 aliphatic carbocycles. The van der Waals surface area contributed by atoms with E-state index < -0.39 is 0 Å². The average molecular weight is 210 g/mol. The molecule has 2 nitrogen and oxygen atoms in total. The zero-order valence-electron chi connectivity index (χ0n) is 10.1. The first-order chi connectivity index (χ1) is 7.36. The SMILES string of the molecule is CC1CCCC1CNC1CCCNCC1. The molecule has 2 fully saturated rings. The third kappa shape index (κ3) is 3.46. The molecule has 0 bridgehead atoms. The molecule has 15 heavy (non-hydrogen) atoms. The summed E-state index contributed by atoms with van der Waals surface area (Å²) in [6, 6.07) is 0.785. The molecule has 2 N–H and O–H groups in total. The van der Waals surface area contributed by atoms with Crippen LogP contribution >= 0.6 is 0 Å². The van der Waals surface area contributed by atoms with E-state index in [9.17, 15) is 0 Å². The van der Waals surface area contributed by atoms with Crippen molar-refractivity contribution >= 4 is 0 Å². The van der Waals surface area contributed by atoms with Gasteiger partial charge in [-0.3, -0.25) is 0 Å². The van der Waals surface area contributed by atoms with Gasteiger partial charge >= 0.3 is 0 Å². The molecule has 0 aromatic carbocycles. The normalized spacial score (nSPS) is 37.8. The van der Waals surface area contributed by atoms with Gasteiger partial charge in [-0.25, -0.2) is 0 Å². The quantitative estimate of drug-likeness (QED) is 0.746. The van der Waals surface area contributed by atoms with Crippen LogP contribution < -0.4 is 10.6 Å². The molecule has 0 spiro atoms. The fourth-order valence-electron chi connectivity index (χ4n) is 3.07. The molecule has 1 heterocycles. The second-order valence-electron chi connectivity index (χ2n) is 5.45. The average Bonchev–Trinajstić information content (AvgIpc) is 2.53. The minimum Gasteiger partial charge on any atom is -0.317 e. The molecule has 2 rings (SSSR count). The highest BCUT2D eigenvalue weighted by Crippen LogP contribution is 2.30. The molecule has 88 valence electrons. The van der Waals surface area contributed by atoms with Crippen LogP contribution in [0.25, 0.3) is 0 Å². The largest absolute Gasteiger partial charge is 0.317 e. The van der Waals surface area contributed by atoms with Crippen LogP contribution in [0.1, 0.15) is 45.4 Å². The summed E-state index contributed by atoms with van der Waals surface area (Å²) in [5.41, 5.74) is 0. The highest BCUT2D eigenvalue weighted by Gasteiger charge is 2.23. The third-order valence-electron chi connectivity index (χ3n) is 4.28. The van der Waals surface area contributed by atoms with Crippen LogP contribution in [0.3, 0.4) is 0 Å². The first kappa shape index (κ1) is 11.4. The Labute approximate surface area is 94.2 Å². The highest BCUT2D eigenvalue weighted by atomic mass is 14.9. The minimum atomic E-state index is 0.785. The molecule has 0 amide bonds. The van der Waals surface area contributed by atoms with E-state index in [2.05, 4.69) is 17.6 Å². The van der Waals surface area contributed by atoms with Crippen molar-refractivity contribution in [1.82, 2.24) is 10.6 Å². The smallest absolute Gasteiger partial charge is 0.00797 e. The van der Waals surface area contributed by atoms with Crippen molar-refractivity contribution in [2.75, 3.05) is 19.6 Å². The summed E-state index contributed by atoms with van der Waals surface area (Å²) in [7, 11) is 0. The molecule has 0 aromatic rings. The number of nitrogens with one attached hydrogen (secondary N) is 2. The van der Waals surface area contributed by atoms with E-state index in [0.717, 1.165) is 17.9 Å². The first-order valence-corrected chi connectivity index (χ1v) is 6.80. The fraction of sp³-hybridized carbons (Fsp3) is 1.00. The van der Waals surface area contributed by atoms with E-state index in [4.69, 9.17) is 0 Å². The Kier molecular flexibility index (Phi) is 4.45. The number of rotatable bonds is 3. The predicted molar refractivity (Wildman–Crippen MR) is 65.0 cm³/mol. The molecule has 3 atom stereocenters. The number of hydrogen-bond donors (Lipinski definition) is 2. The predicted octanol–water partition coefficient (Wildman–Crippen LogP) is 2.15. The van der Waals surface area contributed by atoms with Gasteiger partial charge in [0.25, 0.3) is 0 Å². The van der Waals surface area contributed by atoms with Crippen LogP contribution in [0.4, 0.5) is 0 Å². The van der Waals surface area contributed by atoms with Gasteiger partial charge in [-0.05, 0) is 57.2 Å². The van der Waals surface area contributed by atoms with Gasteiger partial charge in [-0.15, -0.1) is 0 Å². The van der Waals surface area contributed by atoms with Crippen molar-refractivity contribution in [2.24, 2.45) is 11.8 Å². The molecule has 1 aliphatic heterocycles. The highest BCUT2D eigenvalue weighted by molar-refractivity contribution is 4.79. The van der Waals surface area contributed by atoms with Gasteiger partial charge in [0.15, 0.2) is 0 Å². The third-order valence-corrected chi connectivity index (χ3v) is 4.28. The van der Waals surface area contributed by atoms with Crippen LogP contribution in [0.2, 0.25) is 0 Å². The van der Waals surface area contributed by atoms with Gasteiger partial charge < -0.3 is 10.6 Å². The fourth-order valence-corrected chi connectivity index (χ4v) is 3.07. The Morgan fingerprint density at radius 1 is 1.07 bits per heavy atom. The summed E-state index contributed by atoms with van der Waals surface area (Å²) in [5.74, 6) is 1.92. The van der Waals surface area contributed by atoms with Crippen LogP contribution in [0.15, 0.2) is 0 Å². The maximum absolute atomic E-state index is 3.79. The standard InChI is InChI=1S/C13H26N2/c1-11-4-2-5-12(11)10-15-13-6-3-8-14-9-7-13/h11-15H,2-10H2,1H3. The van der Waals surface area contributed by atoms with Crippen molar-refractivity contribution in [2.45, 2.75) is 51.5 Å². The van der Waals surface area contributed by atoms with Gasteiger partial charge in [-0.1, -0.05) is 19.8 Å². The molecule has 2 heteroatoms. The molecular formula is C13H26N2. The lowest BCUT2D eigenvalue weighted by atomic mass is 9.97. The summed E-state index contributed by atoms with van der Waals surface area (Å²) in [6.45, 7) is 6.12. The van der Waals surface area contributed by atoms with Gasteiger partial charge in [-0.2, -0.15) is 0 Å². The van der Waals surface area contributed by atoms with Crippen molar-refractivity contribution in [1.29, 1.82) is 0 Å². The summed E-state index contributed by atoms with van der Waals surface area (Å²) < 4.78 is 0. The molecular weight excluding hydrogens is 184 g/mol. The van der Waals surface area contributed by atoms with Crippen molar-refractivity contribution in [3.8, 4) is 0 Å². The summed E-state index contributed by atoms with van der Waals surface area (Å²) >= 11 is 0. The second-order valence-corrected chi connectivity index (χ2v) is 5.45. The van der Waals surface area contributed by atoms with Crippen molar-refractivity contribution in [3.63, 3.8) is 0 Å². The van der Waals surface area contributed by atoms with Crippen LogP contribution in [-0.4, -0.2) is 25.7 Å². The topological polar surface area (TPSA) is 24.1 Å². The maximum atomic E-state index is 3.79. The lowest BCUT2D eigenvalue weighted by Gasteiger charge is -2.21. The Morgan fingerprint density at radius 3 is 2.80 bits per heavy atom. The molecule has 1 saturated carbocycles. The lowest BCUT2D eigenvalue weighted by Crippen LogP contribution is -2.34. The van der Waals surface area contributed by atoms with E-state index in [1.807, 2.05) is 0 Å². The molecule has 2 aliphatic rings. The molecule has 0 aromatic heterocycles. The van der Waals surface area contributed by atoms with Crippen LogP contribution in [-0.2, 0) is 0 Å². The second kappa shape index (κ2) is 5.86. The Bertz CT molecular complexity index is 173. The van der Waals surface area contributed by atoms with E-state index in [-0.39, 0.29) is 0 Å². The van der Waals surface area contributed by atoms with Crippen molar-refractivity contribution < 1.29 is 0 Å². The monoisotopic (exact) mass is 210 g/mol. The van der Waals surface area contributed by atoms with Gasteiger partial charge in [0.2, 0.25) is 0 Å². The van der Waals surface area contributed by atoms with Gasteiger partial charge in [0.1, 0.15) is 0 Å². The number of hydrogen-bond acceptors (Lipinski definition) is 2. The summed E-state index contributed by atoms with van der Waals surface area (Å²) in [4.78, 5) is 0. The minimum absolute atomic E-state index is 0.785. The van der Waals surface area contributed by atoms with E-state index in [0.29, 0.717) is 0 Å². The lowest BCUT2D eigenvalue weighted by molar-refractivity contribution is 0.355. The first-order valence-electron chi connectivity index (χ1n) is 6.80. The molecule has 3 unspecified atom stereocenters.